The fourth-order valence-electron chi connectivity index (χ4n) is 4.18. The van der Waals surface area contributed by atoms with Gasteiger partial charge < -0.3 is 20.9 Å². The van der Waals surface area contributed by atoms with Gasteiger partial charge in [-0.1, -0.05) is 6.92 Å². The molecule has 3 aliphatic heterocycles. The summed E-state index contributed by atoms with van der Waals surface area (Å²) < 4.78 is 4.51. The highest BCUT2D eigenvalue weighted by Gasteiger charge is 2.35. The van der Waals surface area contributed by atoms with E-state index in [0.717, 1.165) is 54.1 Å². The lowest BCUT2D eigenvalue weighted by Gasteiger charge is -2.44. The van der Waals surface area contributed by atoms with Gasteiger partial charge in [0.05, 0.1) is 5.52 Å². The topological polar surface area (TPSA) is 69.3 Å². The van der Waals surface area contributed by atoms with Gasteiger partial charge in [0.15, 0.2) is 0 Å². The Bertz CT molecular complexity index is 784. The van der Waals surface area contributed by atoms with Crippen molar-refractivity contribution in [2.24, 2.45) is 5.92 Å². The first-order valence-corrected chi connectivity index (χ1v) is 10.9. The summed E-state index contributed by atoms with van der Waals surface area (Å²) in [6, 6.07) is 6.39. The van der Waals surface area contributed by atoms with Crippen LogP contribution in [0.1, 0.15) is 35.9 Å². The number of piperidine rings is 3. The maximum Gasteiger partial charge on any atom is 0.263 e. The lowest BCUT2D eigenvalue weighted by Crippen LogP contribution is -2.57. The van der Waals surface area contributed by atoms with Crippen LogP contribution in [0.25, 0.3) is 10.9 Å². The third kappa shape index (κ3) is 4.25. The van der Waals surface area contributed by atoms with Crippen molar-refractivity contribution in [1.29, 1.82) is 0 Å². The molecule has 2 aromatic rings. The zero-order valence-electron chi connectivity index (χ0n) is 16.0. The number of benzene rings is 1. The van der Waals surface area contributed by atoms with Crippen LogP contribution >= 0.6 is 11.5 Å². The van der Waals surface area contributed by atoms with Crippen LogP contribution < -0.4 is 16.0 Å². The van der Waals surface area contributed by atoms with E-state index in [1.54, 1.807) is 0 Å². The van der Waals surface area contributed by atoms with E-state index in [4.69, 9.17) is 0 Å². The first-order chi connectivity index (χ1) is 13.2. The first-order valence-electron chi connectivity index (χ1n) is 10.1. The van der Waals surface area contributed by atoms with E-state index >= 15 is 0 Å². The summed E-state index contributed by atoms with van der Waals surface area (Å²) in [6.07, 6.45) is 3.56. The van der Waals surface area contributed by atoms with Gasteiger partial charge in [-0.05, 0) is 74.5 Å². The van der Waals surface area contributed by atoms with Crippen molar-refractivity contribution in [3.05, 3.63) is 23.1 Å². The summed E-state index contributed by atoms with van der Waals surface area (Å²) in [6.45, 7) is 8.40. The Morgan fingerprint density at radius 3 is 2.85 bits per heavy atom. The van der Waals surface area contributed by atoms with E-state index in [0.29, 0.717) is 5.92 Å². The monoisotopic (exact) mass is 387 g/mol. The van der Waals surface area contributed by atoms with Crippen molar-refractivity contribution < 1.29 is 4.79 Å². The zero-order valence-corrected chi connectivity index (χ0v) is 16.8. The molecule has 0 spiro atoms. The quantitative estimate of drug-likeness (QED) is 0.607. The average molecular weight is 388 g/mol. The molecule has 146 valence electrons. The third-order valence-corrected chi connectivity index (χ3v) is 6.59. The van der Waals surface area contributed by atoms with Crippen molar-refractivity contribution in [3.63, 3.8) is 0 Å². The van der Waals surface area contributed by atoms with Gasteiger partial charge in [0.25, 0.3) is 5.91 Å². The molecule has 3 fully saturated rings. The predicted molar refractivity (Wildman–Crippen MR) is 112 cm³/mol. The standard InChI is InChI=1S/C20H29N5OS/c1-2-7-21-8-9-22-15-3-4-16-17(12-15)24-27-19(16)20(26)23-18-13-25-10-5-14(18)6-11-25/h3-4,12,14,18,21-22H,2,5-11,13H2,1H3,(H,23,26)/t18-/m1/s1. The van der Waals surface area contributed by atoms with Gasteiger partial charge in [-0.3, -0.25) is 4.79 Å². The van der Waals surface area contributed by atoms with Crippen LogP contribution in [-0.2, 0) is 0 Å². The van der Waals surface area contributed by atoms with Crippen molar-refractivity contribution in [2.75, 3.05) is 44.6 Å². The Kier molecular flexibility index (Phi) is 5.90. The molecule has 4 heterocycles. The second-order valence-electron chi connectivity index (χ2n) is 7.64. The van der Waals surface area contributed by atoms with Crippen LogP contribution in [0.3, 0.4) is 0 Å². The molecular weight excluding hydrogens is 358 g/mol. The molecule has 3 N–H and O–H groups in total. The van der Waals surface area contributed by atoms with Gasteiger partial charge >= 0.3 is 0 Å². The van der Waals surface area contributed by atoms with E-state index in [2.05, 4.69) is 32.1 Å². The van der Waals surface area contributed by atoms with Crippen molar-refractivity contribution in [1.82, 2.24) is 19.9 Å². The number of carbonyl (C=O) groups is 1. The molecule has 3 aliphatic rings. The molecule has 1 aromatic heterocycles. The molecule has 6 nitrogen and oxygen atoms in total. The highest BCUT2D eigenvalue weighted by atomic mass is 32.1. The number of aromatic nitrogens is 1. The van der Waals surface area contributed by atoms with Crippen molar-refractivity contribution in [3.8, 4) is 0 Å². The normalized spacial score (nSPS) is 24.3. The minimum absolute atomic E-state index is 0.0331. The Morgan fingerprint density at radius 2 is 2.11 bits per heavy atom. The summed E-state index contributed by atoms with van der Waals surface area (Å²) in [5.41, 5.74) is 1.95. The number of anilines is 1. The maximum absolute atomic E-state index is 12.8. The van der Waals surface area contributed by atoms with Crippen LogP contribution in [0.5, 0.6) is 0 Å². The fraction of sp³-hybridized carbons (Fsp3) is 0.600. The first kappa shape index (κ1) is 18.7. The Labute approximate surface area is 164 Å². The van der Waals surface area contributed by atoms with Crippen LogP contribution in [0.15, 0.2) is 18.2 Å². The molecule has 1 amide bonds. The lowest BCUT2D eigenvalue weighted by atomic mass is 9.84. The van der Waals surface area contributed by atoms with Crippen LogP contribution in [0, 0.1) is 5.92 Å². The van der Waals surface area contributed by atoms with Gasteiger partial charge in [0.2, 0.25) is 0 Å². The number of fused-ring (bicyclic) bond motifs is 4. The summed E-state index contributed by atoms with van der Waals surface area (Å²) in [4.78, 5) is 16.0. The van der Waals surface area contributed by atoms with Crippen LogP contribution in [0.2, 0.25) is 0 Å². The van der Waals surface area contributed by atoms with E-state index in [1.165, 1.54) is 37.5 Å². The Balaban J connectivity index is 1.38. The van der Waals surface area contributed by atoms with Crippen LogP contribution in [0.4, 0.5) is 5.69 Å². The number of hydrogen-bond donors (Lipinski definition) is 3. The molecule has 0 aliphatic carbocycles. The third-order valence-electron chi connectivity index (χ3n) is 5.71. The van der Waals surface area contributed by atoms with Gasteiger partial charge in [0, 0.05) is 36.7 Å². The molecule has 27 heavy (non-hydrogen) atoms. The van der Waals surface area contributed by atoms with Gasteiger partial charge in [-0.25, -0.2) is 0 Å². The highest BCUT2D eigenvalue weighted by molar-refractivity contribution is 7.09. The van der Waals surface area contributed by atoms with E-state index < -0.39 is 0 Å². The lowest BCUT2D eigenvalue weighted by molar-refractivity contribution is 0.0623. The number of carbonyl (C=O) groups excluding carboxylic acids is 1. The molecule has 2 bridgehead atoms. The molecule has 1 atom stereocenters. The number of amides is 1. The summed E-state index contributed by atoms with van der Waals surface area (Å²) in [7, 11) is 0. The SMILES string of the molecule is CCCNCCNc1ccc2c(C(=O)N[C@@H]3CN4CCC3CC4)snc2c1. The zero-order chi connectivity index (χ0) is 18.6. The Hall–Kier alpha value is -1.70. The summed E-state index contributed by atoms with van der Waals surface area (Å²) in [5.74, 6) is 0.668. The number of nitrogens with one attached hydrogen (secondary N) is 3. The molecule has 3 saturated heterocycles. The highest BCUT2D eigenvalue weighted by Crippen LogP contribution is 2.29. The van der Waals surface area contributed by atoms with Crippen LogP contribution in [-0.4, -0.2) is 60.5 Å². The number of rotatable bonds is 8. The van der Waals surface area contributed by atoms with Crippen molar-refractivity contribution >= 4 is 34.0 Å². The minimum atomic E-state index is 0.0331. The van der Waals surface area contributed by atoms with E-state index in [1.807, 2.05) is 18.2 Å². The average Bonchev–Trinajstić information content (AvgIpc) is 3.12. The molecule has 0 saturated carbocycles. The molecular formula is C20H29N5OS. The summed E-state index contributed by atoms with van der Waals surface area (Å²) >= 11 is 1.31. The second-order valence-corrected chi connectivity index (χ2v) is 8.41. The largest absolute Gasteiger partial charge is 0.384 e. The number of hydrogen-bond acceptors (Lipinski definition) is 6. The molecule has 7 heteroatoms. The smallest absolute Gasteiger partial charge is 0.263 e. The van der Waals surface area contributed by atoms with Gasteiger partial charge in [-0.15, -0.1) is 0 Å². The molecule has 1 aromatic carbocycles. The fourth-order valence-corrected chi connectivity index (χ4v) is 4.93. The van der Waals surface area contributed by atoms with Crippen molar-refractivity contribution in [2.45, 2.75) is 32.2 Å². The second kappa shape index (κ2) is 8.54. The van der Waals surface area contributed by atoms with E-state index in [-0.39, 0.29) is 11.9 Å². The number of nitrogens with zero attached hydrogens (tertiary/aromatic N) is 2. The van der Waals surface area contributed by atoms with Gasteiger partial charge in [-0.2, -0.15) is 4.37 Å². The van der Waals surface area contributed by atoms with E-state index in [9.17, 15) is 4.79 Å². The molecule has 5 rings (SSSR count). The summed E-state index contributed by atoms with van der Waals surface area (Å²) in [5, 5.41) is 11.0. The van der Waals surface area contributed by atoms with Gasteiger partial charge in [0.1, 0.15) is 4.88 Å². The maximum atomic E-state index is 12.8. The minimum Gasteiger partial charge on any atom is -0.384 e. The predicted octanol–water partition coefficient (Wildman–Crippen LogP) is 2.53. The molecule has 0 radical (unpaired) electrons. The Morgan fingerprint density at radius 1 is 1.26 bits per heavy atom. The molecule has 0 unspecified atom stereocenters.